The zero-order valence-electron chi connectivity index (χ0n) is 8.69. The highest BCUT2D eigenvalue weighted by molar-refractivity contribution is 8.00. The first kappa shape index (κ1) is 11.9. The molecular weight excluding hydrogens is 244 g/mol. The van der Waals surface area contributed by atoms with Crippen molar-refractivity contribution in [1.82, 2.24) is 10.6 Å². The van der Waals surface area contributed by atoms with Crippen LogP contribution in [-0.2, 0) is 4.79 Å². The maximum absolute atomic E-state index is 11.1. The molecule has 2 N–H and O–H groups in total. The molecule has 16 heavy (non-hydrogen) atoms. The minimum atomic E-state index is -0.0583. The van der Waals surface area contributed by atoms with E-state index in [2.05, 4.69) is 10.6 Å². The summed E-state index contributed by atoms with van der Waals surface area (Å²) in [5.74, 6) is 0.971. The number of thioether (sulfide) groups is 1. The van der Waals surface area contributed by atoms with Crippen molar-refractivity contribution in [3.63, 3.8) is 0 Å². The molecule has 0 bridgehead atoms. The number of thiocarbonyl (C=S) groups is 1. The Hall–Kier alpha value is -0.620. The van der Waals surface area contributed by atoms with Crippen LogP contribution in [0.4, 0.5) is 4.79 Å². The van der Waals surface area contributed by atoms with Gasteiger partial charge in [0.2, 0.25) is 6.29 Å². The minimum absolute atomic E-state index is 0.0583. The monoisotopic (exact) mass is 257 g/mol. The van der Waals surface area contributed by atoms with Crippen molar-refractivity contribution < 1.29 is 9.59 Å². The summed E-state index contributed by atoms with van der Waals surface area (Å²) in [4.78, 5) is 21.7. The molecule has 2 aliphatic heterocycles. The Balaban J connectivity index is 1.76. The number of amides is 2. The summed E-state index contributed by atoms with van der Waals surface area (Å²) < 4.78 is 0. The van der Waals surface area contributed by atoms with E-state index < -0.39 is 0 Å². The van der Waals surface area contributed by atoms with E-state index >= 15 is 0 Å². The van der Waals surface area contributed by atoms with Crippen LogP contribution in [0.25, 0.3) is 0 Å². The van der Waals surface area contributed by atoms with E-state index in [1.807, 2.05) is 11.8 Å². The van der Waals surface area contributed by atoms with Crippen LogP contribution in [-0.4, -0.2) is 40.3 Å². The van der Waals surface area contributed by atoms with Gasteiger partial charge in [-0.1, -0.05) is 12.2 Å². The third-order valence-electron chi connectivity index (χ3n) is 2.94. The SMILES string of the molecule is O=[C]C(=S)CCC[C@@H]1SC[C@@H]2NC(=O)N[C@@H]21. The third kappa shape index (κ3) is 2.55. The van der Waals surface area contributed by atoms with Gasteiger partial charge < -0.3 is 10.6 Å². The van der Waals surface area contributed by atoms with Crippen LogP contribution in [0.1, 0.15) is 19.3 Å². The molecule has 0 aliphatic carbocycles. The Kier molecular flexibility index (Phi) is 3.81. The Bertz CT molecular complexity index is 322. The Labute approximate surface area is 104 Å². The van der Waals surface area contributed by atoms with Crippen LogP contribution >= 0.6 is 24.0 Å². The Morgan fingerprint density at radius 1 is 1.56 bits per heavy atom. The molecule has 1 radical (unpaired) electrons. The lowest BCUT2D eigenvalue weighted by Crippen LogP contribution is -2.36. The fraction of sp³-hybridized carbons (Fsp3) is 0.700. The second kappa shape index (κ2) is 5.14. The lowest BCUT2D eigenvalue weighted by Gasteiger charge is -2.16. The molecule has 87 valence electrons. The highest BCUT2D eigenvalue weighted by atomic mass is 32.2. The van der Waals surface area contributed by atoms with Gasteiger partial charge in [0, 0.05) is 11.0 Å². The summed E-state index contributed by atoms with van der Waals surface area (Å²) in [5.41, 5.74) is 0. The summed E-state index contributed by atoms with van der Waals surface area (Å²) in [6, 6.07) is 0.454. The molecule has 6 heteroatoms. The first-order chi connectivity index (χ1) is 7.70. The largest absolute Gasteiger partial charge is 0.332 e. The van der Waals surface area contributed by atoms with E-state index in [-0.39, 0.29) is 18.1 Å². The molecule has 2 saturated heterocycles. The molecule has 2 aliphatic rings. The van der Waals surface area contributed by atoms with Crippen LogP contribution in [0.3, 0.4) is 0 Å². The maximum atomic E-state index is 11.1. The summed E-state index contributed by atoms with van der Waals surface area (Å²) in [5, 5.41) is 6.28. The summed E-state index contributed by atoms with van der Waals surface area (Å²) in [7, 11) is 0. The van der Waals surface area contributed by atoms with Crippen LogP contribution in [0.5, 0.6) is 0 Å². The van der Waals surface area contributed by atoms with E-state index in [1.165, 1.54) is 0 Å². The Morgan fingerprint density at radius 3 is 3.12 bits per heavy atom. The lowest BCUT2D eigenvalue weighted by atomic mass is 10.0. The molecule has 0 aromatic heterocycles. The van der Waals surface area contributed by atoms with E-state index in [1.54, 1.807) is 6.29 Å². The zero-order valence-corrected chi connectivity index (χ0v) is 10.3. The fourth-order valence-electron chi connectivity index (χ4n) is 2.16. The van der Waals surface area contributed by atoms with Crippen molar-refractivity contribution in [2.24, 2.45) is 0 Å². The maximum Gasteiger partial charge on any atom is 0.315 e. The molecule has 0 unspecified atom stereocenters. The molecule has 0 saturated carbocycles. The lowest BCUT2D eigenvalue weighted by molar-refractivity contribution is 0.247. The van der Waals surface area contributed by atoms with Gasteiger partial charge in [0.15, 0.2) is 0 Å². The van der Waals surface area contributed by atoms with Gasteiger partial charge in [-0.05, 0) is 19.3 Å². The molecule has 2 rings (SSSR count). The van der Waals surface area contributed by atoms with Gasteiger partial charge in [-0.3, -0.25) is 4.79 Å². The van der Waals surface area contributed by atoms with Crippen molar-refractivity contribution in [3.8, 4) is 0 Å². The van der Waals surface area contributed by atoms with Crippen LogP contribution in [0.15, 0.2) is 0 Å². The van der Waals surface area contributed by atoms with Crippen molar-refractivity contribution in [2.45, 2.75) is 36.6 Å². The van der Waals surface area contributed by atoms with Gasteiger partial charge in [-0.2, -0.15) is 11.8 Å². The van der Waals surface area contributed by atoms with Gasteiger partial charge >= 0.3 is 6.03 Å². The highest BCUT2D eigenvalue weighted by Gasteiger charge is 2.42. The first-order valence-electron chi connectivity index (χ1n) is 5.30. The molecule has 0 aromatic rings. The standard InChI is InChI=1S/C10H13N2O2S2/c13-4-6(15)2-1-3-8-9-7(5-16-8)11-10(14)12-9/h7-9H,1-3,5H2,(H2,11,12,14)/t7-,8-,9-/m0/s1. The summed E-state index contributed by atoms with van der Waals surface area (Å²) in [6.45, 7) is 0. The number of carbonyl (C=O) groups excluding carboxylic acids is 2. The second-order valence-electron chi connectivity index (χ2n) is 4.04. The zero-order chi connectivity index (χ0) is 11.5. The van der Waals surface area contributed by atoms with Gasteiger partial charge in [-0.15, -0.1) is 0 Å². The minimum Gasteiger partial charge on any atom is -0.332 e. The number of fused-ring (bicyclic) bond motifs is 1. The van der Waals surface area contributed by atoms with Gasteiger partial charge in [-0.25, -0.2) is 4.79 Å². The fourth-order valence-corrected chi connectivity index (χ4v) is 3.85. The number of urea groups is 1. The second-order valence-corrected chi connectivity index (χ2v) is 5.80. The van der Waals surface area contributed by atoms with Crippen LogP contribution in [0, 0.1) is 0 Å². The molecule has 0 spiro atoms. The Morgan fingerprint density at radius 2 is 2.38 bits per heavy atom. The summed E-state index contributed by atoms with van der Waals surface area (Å²) in [6.07, 6.45) is 4.25. The molecule has 2 amide bonds. The van der Waals surface area contributed by atoms with Gasteiger partial charge in [0.1, 0.15) is 0 Å². The highest BCUT2D eigenvalue weighted by Crippen LogP contribution is 2.32. The molecule has 2 fully saturated rings. The molecular formula is C10H13N2O2S2. The molecule has 4 nitrogen and oxygen atoms in total. The van der Waals surface area contributed by atoms with Crippen molar-refractivity contribution >= 4 is 41.2 Å². The predicted octanol–water partition coefficient (Wildman–Crippen LogP) is 0.802. The van der Waals surface area contributed by atoms with Gasteiger partial charge in [0.05, 0.1) is 16.9 Å². The number of hydrogen-bond donors (Lipinski definition) is 2. The number of rotatable bonds is 5. The van der Waals surface area contributed by atoms with Crippen LogP contribution < -0.4 is 10.6 Å². The van der Waals surface area contributed by atoms with E-state index in [9.17, 15) is 9.59 Å². The number of carbonyl (C=O) groups is 1. The number of hydrogen-bond acceptors (Lipinski definition) is 4. The molecule has 2 heterocycles. The average Bonchev–Trinajstić information content (AvgIpc) is 2.78. The first-order valence-corrected chi connectivity index (χ1v) is 6.76. The normalized spacial score (nSPS) is 31.8. The molecule has 3 atom stereocenters. The van der Waals surface area contributed by atoms with Crippen molar-refractivity contribution in [3.05, 3.63) is 0 Å². The van der Waals surface area contributed by atoms with Crippen molar-refractivity contribution in [2.75, 3.05) is 5.75 Å². The number of nitrogens with one attached hydrogen (secondary N) is 2. The summed E-state index contributed by atoms with van der Waals surface area (Å²) >= 11 is 6.67. The van der Waals surface area contributed by atoms with Crippen molar-refractivity contribution in [1.29, 1.82) is 0 Å². The van der Waals surface area contributed by atoms with E-state index in [4.69, 9.17) is 12.2 Å². The predicted molar refractivity (Wildman–Crippen MR) is 67.6 cm³/mol. The van der Waals surface area contributed by atoms with Crippen LogP contribution in [0.2, 0.25) is 0 Å². The third-order valence-corrected chi connectivity index (χ3v) is 4.74. The molecule has 0 aromatic carbocycles. The smallest absolute Gasteiger partial charge is 0.315 e. The quantitative estimate of drug-likeness (QED) is 0.565. The van der Waals surface area contributed by atoms with Gasteiger partial charge in [0.25, 0.3) is 0 Å². The topological polar surface area (TPSA) is 58.2 Å². The van der Waals surface area contributed by atoms with E-state index in [0.717, 1.165) is 18.6 Å². The van der Waals surface area contributed by atoms with E-state index in [0.29, 0.717) is 16.5 Å². The average molecular weight is 257 g/mol.